The zero-order chi connectivity index (χ0) is 14.7. The van der Waals surface area contributed by atoms with E-state index >= 15 is 0 Å². The van der Waals surface area contributed by atoms with Crippen molar-refractivity contribution in [2.24, 2.45) is 0 Å². The van der Waals surface area contributed by atoms with E-state index in [2.05, 4.69) is 20.9 Å². The van der Waals surface area contributed by atoms with E-state index in [1.807, 2.05) is 18.3 Å². The van der Waals surface area contributed by atoms with Gasteiger partial charge in [0.25, 0.3) is 0 Å². The Morgan fingerprint density at radius 3 is 3.10 bits per heavy atom. The maximum absolute atomic E-state index is 11.4. The van der Waals surface area contributed by atoms with Crippen molar-refractivity contribution in [2.45, 2.75) is 25.8 Å². The van der Waals surface area contributed by atoms with Crippen molar-refractivity contribution >= 4 is 23.0 Å². The van der Waals surface area contributed by atoms with Gasteiger partial charge in [0.15, 0.2) is 0 Å². The molecule has 0 bridgehead atoms. The van der Waals surface area contributed by atoms with E-state index in [0.717, 1.165) is 42.9 Å². The van der Waals surface area contributed by atoms with E-state index in [4.69, 9.17) is 5.73 Å². The standard InChI is InChI=1S/C14H18N6O/c15-11-9-12-10(2-3-14(21)18-12)8-13(11)16-4-1-6-20-7-5-17-19-20/h5,7-9,16H,1-4,6,15H2,(H,18,21). The molecule has 3 rings (SSSR count). The molecule has 1 aliphatic heterocycles. The van der Waals surface area contributed by atoms with Gasteiger partial charge in [-0.3, -0.25) is 9.48 Å². The Labute approximate surface area is 122 Å². The van der Waals surface area contributed by atoms with Crippen LogP contribution in [0.1, 0.15) is 18.4 Å². The first-order chi connectivity index (χ1) is 10.2. The van der Waals surface area contributed by atoms with Gasteiger partial charge >= 0.3 is 0 Å². The number of rotatable bonds is 5. The molecule has 2 aromatic rings. The summed E-state index contributed by atoms with van der Waals surface area (Å²) in [4.78, 5) is 11.4. The fourth-order valence-electron chi connectivity index (χ4n) is 2.41. The predicted octanol–water partition coefficient (Wildman–Crippen LogP) is 1.25. The maximum Gasteiger partial charge on any atom is 0.224 e. The largest absolute Gasteiger partial charge is 0.397 e. The number of carbonyl (C=O) groups excluding carboxylic acids is 1. The van der Waals surface area contributed by atoms with Crippen LogP contribution >= 0.6 is 0 Å². The second-order valence-corrected chi connectivity index (χ2v) is 5.09. The van der Waals surface area contributed by atoms with Gasteiger partial charge in [0.1, 0.15) is 0 Å². The maximum atomic E-state index is 11.4. The Hall–Kier alpha value is -2.57. The van der Waals surface area contributed by atoms with Crippen LogP contribution in [0.3, 0.4) is 0 Å². The van der Waals surface area contributed by atoms with Crippen LogP contribution in [-0.4, -0.2) is 27.4 Å². The van der Waals surface area contributed by atoms with Crippen LogP contribution in [0.2, 0.25) is 0 Å². The summed E-state index contributed by atoms with van der Waals surface area (Å²) in [6.45, 7) is 1.61. The molecule has 1 aromatic heterocycles. The first-order valence-electron chi connectivity index (χ1n) is 7.02. The van der Waals surface area contributed by atoms with Crippen LogP contribution in [0.5, 0.6) is 0 Å². The van der Waals surface area contributed by atoms with Crippen molar-refractivity contribution in [2.75, 3.05) is 22.9 Å². The Bertz CT molecular complexity index is 637. The summed E-state index contributed by atoms with van der Waals surface area (Å²) in [5, 5.41) is 13.9. The fourth-order valence-corrected chi connectivity index (χ4v) is 2.41. The Morgan fingerprint density at radius 2 is 2.29 bits per heavy atom. The van der Waals surface area contributed by atoms with Crippen LogP contribution in [-0.2, 0) is 17.8 Å². The number of amides is 1. The Kier molecular flexibility index (Phi) is 3.72. The van der Waals surface area contributed by atoms with Crippen molar-refractivity contribution in [1.29, 1.82) is 0 Å². The molecule has 0 saturated heterocycles. The molecule has 7 nitrogen and oxygen atoms in total. The van der Waals surface area contributed by atoms with Crippen molar-refractivity contribution < 1.29 is 4.79 Å². The minimum absolute atomic E-state index is 0.0513. The number of nitrogen functional groups attached to an aromatic ring is 1. The summed E-state index contributed by atoms with van der Waals surface area (Å²) in [6.07, 6.45) is 5.73. The number of nitrogens with two attached hydrogens (primary N) is 1. The lowest BCUT2D eigenvalue weighted by Gasteiger charge is -2.19. The van der Waals surface area contributed by atoms with Gasteiger partial charge in [-0.2, -0.15) is 0 Å². The van der Waals surface area contributed by atoms with Crippen LogP contribution in [0, 0.1) is 0 Å². The van der Waals surface area contributed by atoms with Gasteiger partial charge in [0.2, 0.25) is 5.91 Å². The van der Waals surface area contributed by atoms with Crippen molar-refractivity contribution in [3.8, 4) is 0 Å². The number of aromatic nitrogens is 3. The van der Waals surface area contributed by atoms with E-state index in [-0.39, 0.29) is 5.91 Å². The normalized spacial score (nSPS) is 13.6. The summed E-state index contributed by atoms with van der Waals surface area (Å²) >= 11 is 0. The number of fused-ring (bicyclic) bond motifs is 1. The molecule has 1 aliphatic rings. The van der Waals surface area contributed by atoms with Gasteiger partial charge in [0, 0.05) is 31.4 Å². The number of aryl methyl sites for hydroxylation is 2. The van der Waals surface area contributed by atoms with Crippen LogP contribution in [0.25, 0.3) is 0 Å². The average Bonchev–Trinajstić information content (AvgIpc) is 2.97. The number of carbonyl (C=O) groups is 1. The third-order valence-electron chi connectivity index (χ3n) is 3.52. The lowest BCUT2D eigenvalue weighted by atomic mass is 10.0. The molecule has 0 spiro atoms. The lowest BCUT2D eigenvalue weighted by Crippen LogP contribution is -2.19. The van der Waals surface area contributed by atoms with Crippen LogP contribution in [0.4, 0.5) is 17.1 Å². The SMILES string of the molecule is Nc1cc2c(cc1NCCCn1ccnn1)CCC(=O)N2. The second kappa shape index (κ2) is 5.82. The van der Waals surface area contributed by atoms with E-state index < -0.39 is 0 Å². The van der Waals surface area contributed by atoms with E-state index in [0.29, 0.717) is 12.1 Å². The van der Waals surface area contributed by atoms with Crippen LogP contribution < -0.4 is 16.4 Å². The predicted molar refractivity (Wildman–Crippen MR) is 80.9 cm³/mol. The van der Waals surface area contributed by atoms with Crippen molar-refractivity contribution in [3.63, 3.8) is 0 Å². The molecule has 0 saturated carbocycles. The highest BCUT2D eigenvalue weighted by atomic mass is 16.1. The third kappa shape index (κ3) is 3.13. The average molecular weight is 286 g/mol. The molecule has 110 valence electrons. The van der Waals surface area contributed by atoms with E-state index in [9.17, 15) is 4.79 Å². The Balaban J connectivity index is 1.59. The van der Waals surface area contributed by atoms with Gasteiger partial charge < -0.3 is 16.4 Å². The monoisotopic (exact) mass is 286 g/mol. The number of hydrogen-bond donors (Lipinski definition) is 3. The zero-order valence-corrected chi connectivity index (χ0v) is 11.7. The molecule has 1 amide bonds. The van der Waals surface area contributed by atoms with E-state index in [1.54, 1.807) is 10.9 Å². The fraction of sp³-hybridized carbons (Fsp3) is 0.357. The number of hydrogen-bond acceptors (Lipinski definition) is 5. The van der Waals surface area contributed by atoms with Crippen LogP contribution in [0.15, 0.2) is 24.5 Å². The summed E-state index contributed by atoms with van der Waals surface area (Å²) < 4.78 is 1.80. The van der Waals surface area contributed by atoms with Gasteiger partial charge in [-0.05, 0) is 30.5 Å². The molecule has 2 heterocycles. The lowest BCUT2D eigenvalue weighted by molar-refractivity contribution is -0.116. The number of anilines is 3. The minimum Gasteiger partial charge on any atom is -0.397 e. The summed E-state index contributed by atoms with van der Waals surface area (Å²) in [5.41, 5.74) is 9.55. The summed E-state index contributed by atoms with van der Waals surface area (Å²) in [6, 6.07) is 3.85. The highest BCUT2D eigenvalue weighted by Crippen LogP contribution is 2.30. The molecule has 4 N–H and O–H groups in total. The molecule has 0 fully saturated rings. The highest BCUT2D eigenvalue weighted by Gasteiger charge is 2.16. The van der Waals surface area contributed by atoms with Crippen molar-refractivity contribution in [1.82, 2.24) is 15.0 Å². The molecule has 21 heavy (non-hydrogen) atoms. The quantitative estimate of drug-likeness (QED) is 0.567. The molecular formula is C14H18N6O. The molecule has 0 atom stereocenters. The molecule has 0 unspecified atom stereocenters. The zero-order valence-electron chi connectivity index (χ0n) is 11.7. The topological polar surface area (TPSA) is 97.9 Å². The number of benzene rings is 1. The second-order valence-electron chi connectivity index (χ2n) is 5.09. The molecule has 7 heteroatoms. The molecule has 0 radical (unpaired) electrons. The molecule has 0 aliphatic carbocycles. The van der Waals surface area contributed by atoms with Gasteiger partial charge in [-0.25, -0.2) is 0 Å². The van der Waals surface area contributed by atoms with Gasteiger partial charge in [-0.15, -0.1) is 5.10 Å². The first kappa shape index (κ1) is 13.4. The number of nitrogens with zero attached hydrogens (tertiary/aromatic N) is 3. The number of nitrogens with one attached hydrogen (secondary N) is 2. The minimum atomic E-state index is 0.0513. The van der Waals surface area contributed by atoms with Gasteiger partial charge in [-0.1, -0.05) is 5.21 Å². The Morgan fingerprint density at radius 1 is 1.38 bits per heavy atom. The van der Waals surface area contributed by atoms with E-state index in [1.165, 1.54) is 0 Å². The third-order valence-corrected chi connectivity index (χ3v) is 3.52. The molecule has 1 aromatic carbocycles. The summed E-state index contributed by atoms with van der Waals surface area (Å²) in [7, 11) is 0. The van der Waals surface area contributed by atoms with Gasteiger partial charge in [0.05, 0.1) is 17.6 Å². The highest BCUT2D eigenvalue weighted by molar-refractivity contribution is 5.95. The smallest absolute Gasteiger partial charge is 0.224 e. The molecular weight excluding hydrogens is 268 g/mol. The summed E-state index contributed by atoms with van der Waals surface area (Å²) in [5.74, 6) is 0.0513. The first-order valence-corrected chi connectivity index (χ1v) is 7.02. The van der Waals surface area contributed by atoms with Crippen molar-refractivity contribution in [3.05, 3.63) is 30.1 Å².